The zero-order valence-electron chi connectivity index (χ0n) is 23.9. The standard InChI is InChI=1S/C35H42O4/c1-21-19-22(2)31(23(3)20-21)24-5-7-25(8-6-24)32-34(37)15-12-26-27(11-14-33(4)28(26)9-10-30(33)36)29(34)13-16-35(32)38-17-18-39-35/h5-8,19-20,26,28,32,37H,9-18H2,1-4H3/t26-,28+,32?,33+,34+/m1/s1. The Bertz CT molecular complexity index is 1340. The zero-order chi connectivity index (χ0) is 27.2. The summed E-state index contributed by atoms with van der Waals surface area (Å²) in [5, 5.41) is 12.7. The van der Waals surface area contributed by atoms with Crippen LogP contribution in [0.1, 0.15) is 86.5 Å². The van der Waals surface area contributed by atoms with Crippen molar-refractivity contribution in [1.82, 2.24) is 0 Å². The van der Waals surface area contributed by atoms with Gasteiger partial charge in [0.25, 0.3) is 0 Å². The maximum atomic E-state index is 12.8. The van der Waals surface area contributed by atoms with E-state index >= 15 is 0 Å². The van der Waals surface area contributed by atoms with Crippen molar-refractivity contribution in [3.63, 3.8) is 0 Å². The number of aliphatic hydroxyl groups is 1. The summed E-state index contributed by atoms with van der Waals surface area (Å²) in [6.07, 6.45) is 6.82. The SMILES string of the molecule is Cc1cc(C)c(-c2ccc(C3C4(CCC5=C6CC[C@]7(C)C(=O)CC[C@H]7[C@@H]6CC[C@]53O)OCCO4)cc2)c(C)c1. The lowest BCUT2D eigenvalue weighted by molar-refractivity contribution is -0.225. The molecule has 1 heterocycles. The number of Topliss-reactive ketones (excluding diaryl/α,β-unsaturated/α-hetero) is 1. The van der Waals surface area contributed by atoms with Gasteiger partial charge < -0.3 is 14.6 Å². The van der Waals surface area contributed by atoms with Crippen LogP contribution in [-0.4, -0.2) is 35.5 Å². The normalized spacial score (nSPS) is 35.2. The van der Waals surface area contributed by atoms with Crippen molar-refractivity contribution in [3.05, 3.63) is 69.8 Å². The lowest BCUT2D eigenvalue weighted by atomic mass is 9.52. The van der Waals surface area contributed by atoms with Crippen LogP contribution in [0.2, 0.25) is 0 Å². The van der Waals surface area contributed by atoms with E-state index in [0.29, 0.717) is 37.3 Å². The van der Waals surface area contributed by atoms with Crippen molar-refractivity contribution in [2.75, 3.05) is 13.2 Å². The van der Waals surface area contributed by atoms with Crippen LogP contribution in [0.3, 0.4) is 0 Å². The van der Waals surface area contributed by atoms with Crippen LogP contribution in [0, 0.1) is 38.0 Å². The molecule has 1 aliphatic heterocycles. The molecule has 4 heteroatoms. The molecule has 1 spiro atoms. The first-order valence-electron chi connectivity index (χ1n) is 15.1. The second kappa shape index (κ2) is 8.86. The van der Waals surface area contributed by atoms with Crippen LogP contribution in [-0.2, 0) is 14.3 Å². The van der Waals surface area contributed by atoms with E-state index in [1.54, 1.807) is 0 Å². The van der Waals surface area contributed by atoms with Gasteiger partial charge in [0.2, 0.25) is 0 Å². The van der Waals surface area contributed by atoms with E-state index in [1.165, 1.54) is 39.0 Å². The summed E-state index contributed by atoms with van der Waals surface area (Å²) in [4.78, 5) is 12.8. The molecule has 5 aliphatic rings. The molecule has 3 saturated carbocycles. The third-order valence-corrected chi connectivity index (χ3v) is 11.4. The third-order valence-electron chi connectivity index (χ3n) is 11.4. The van der Waals surface area contributed by atoms with Crippen molar-refractivity contribution in [2.24, 2.45) is 17.3 Å². The Labute approximate surface area is 232 Å². The minimum Gasteiger partial charge on any atom is -0.385 e. The van der Waals surface area contributed by atoms with Gasteiger partial charge in [0.15, 0.2) is 5.79 Å². The molecule has 0 bridgehead atoms. The monoisotopic (exact) mass is 526 g/mol. The van der Waals surface area contributed by atoms with Crippen LogP contribution < -0.4 is 0 Å². The van der Waals surface area contributed by atoms with E-state index < -0.39 is 11.4 Å². The van der Waals surface area contributed by atoms with Crippen LogP contribution in [0.4, 0.5) is 0 Å². The van der Waals surface area contributed by atoms with Crippen LogP contribution >= 0.6 is 0 Å². The maximum Gasteiger partial charge on any atom is 0.178 e. The highest BCUT2D eigenvalue weighted by Crippen LogP contribution is 2.64. The van der Waals surface area contributed by atoms with Gasteiger partial charge in [0.1, 0.15) is 5.78 Å². The van der Waals surface area contributed by atoms with Crippen molar-refractivity contribution < 1.29 is 19.4 Å². The molecule has 1 N–H and O–H groups in total. The highest BCUT2D eigenvalue weighted by Gasteiger charge is 2.63. The van der Waals surface area contributed by atoms with Gasteiger partial charge in [0.05, 0.1) is 24.7 Å². The molecular formula is C35H42O4. The fourth-order valence-electron chi connectivity index (χ4n) is 9.74. The Morgan fingerprint density at radius 3 is 2.26 bits per heavy atom. The molecule has 5 atom stereocenters. The molecule has 1 saturated heterocycles. The predicted molar refractivity (Wildman–Crippen MR) is 152 cm³/mol. The molecular weight excluding hydrogens is 484 g/mol. The fourth-order valence-corrected chi connectivity index (χ4v) is 9.74. The number of rotatable bonds is 2. The molecule has 2 aromatic carbocycles. The lowest BCUT2D eigenvalue weighted by Crippen LogP contribution is -2.58. The van der Waals surface area contributed by atoms with Gasteiger partial charge in [-0.15, -0.1) is 0 Å². The molecule has 1 unspecified atom stereocenters. The summed E-state index contributed by atoms with van der Waals surface area (Å²) >= 11 is 0. The van der Waals surface area contributed by atoms with Gasteiger partial charge >= 0.3 is 0 Å². The van der Waals surface area contributed by atoms with Crippen LogP contribution in [0.25, 0.3) is 11.1 Å². The maximum absolute atomic E-state index is 12.8. The molecule has 0 aromatic heterocycles. The first-order chi connectivity index (χ1) is 18.7. The number of hydrogen-bond donors (Lipinski definition) is 1. The van der Waals surface area contributed by atoms with Gasteiger partial charge in [-0.25, -0.2) is 0 Å². The van der Waals surface area contributed by atoms with Gasteiger partial charge in [0, 0.05) is 18.3 Å². The molecule has 0 radical (unpaired) electrons. The Morgan fingerprint density at radius 2 is 1.56 bits per heavy atom. The number of hydrogen-bond acceptors (Lipinski definition) is 4. The lowest BCUT2D eigenvalue weighted by Gasteiger charge is -2.56. The number of ketones is 1. The summed E-state index contributed by atoms with van der Waals surface area (Å²) in [5.74, 6) is 0.275. The van der Waals surface area contributed by atoms with Crippen molar-refractivity contribution in [1.29, 1.82) is 0 Å². The highest BCUT2D eigenvalue weighted by atomic mass is 16.7. The minimum atomic E-state index is -0.984. The molecule has 4 fully saturated rings. The number of carbonyl (C=O) groups is 1. The summed E-state index contributed by atoms with van der Waals surface area (Å²) in [6.45, 7) is 9.88. The molecule has 4 aliphatic carbocycles. The number of ether oxygens (including phenoxy) is 2. The molecule has 39 heavy (non-hydrogen) atoms. The van der Waals surface area contributed by atoms with Crippen molar-refractivity contribution in [2.45, 2.75) is 96.4 Å². The molecule has 206 valence electrons. The van der Waals surface area contributed by atoms with Gasteiger partial charge in [-0.1, -0.05) is 54.5 Å². The number of carbonyl (C=O) groups excluding carboxylic acids is 1. The number of benzene rings is 2. The largest absolute Gasteiger partial charge is 0.385 e. The van der Waals surface area contributed by atoms with Gasteiger partial charge in [-0.3, -0.25) is 4.79 Å². The van der Waals surface area contributed by atoms with Crippen LogP contribution in [0.5, 0.6) is 0 Å². The topological polar surface area (TPSA) is 55.8 Å². The quantitative estimate of drug-likeness (QED) is 0.424. The average molecular weight is 527 g/mol. The van der Waals surface area contributed by atoms with Crippen molar-refractivity contribution in [3.8, 4) is 11.1 Å². The second-order valence-electron chi connectivity index (χ2n) is 13.4. The van der Waals surface area contributed by atoms with Crippen molar-refractivity contribution >= 4 is 5.78 Å². The summed E-state index contributed by atoms with van der Waals surface area (Å²) in [7, 11) is 0. The van der Waals surface area contributed by atoms with Crippen LogP contribution in [0.15, 0.2) is 47.5 Å². The fraction of sp³-hybridized carbons (Fsp3) is 0.571. The van der Waals surface area contributed by atoms with E-state index in [0.717, 1.165) is 50.5 Å². The first-order valence-corrected chi connectivity index (χ1v) is 15.1. The predicted octanol–water partition coefficient (Wildman–Crippen LogP) is 7.12. The van der Waals surface area contributed by atoms with E-state index in [4.69, 9.17) is 9.47 Å². The Hall–Kier alpha value is -2.27. The third kappa shape index (κ3) is 3.64. The van der Waals surface area contributed by atoms with Gasteiger partial charge in [-0.2, -0.15) is 0 Å². The average Bonchev–Trinajstić information content (AvgIpc) is 3.48. The first kappa shape index (κ1) is 25.7. The number of fused-ring (bicyclic) bond motifs is 4. The van der Waals surface area contributed by atoms with E-state index in [1.807, 2.05) is 0 Å². The summed E-state index contributed by atoms with van der Waals surface area (Å²) in [5.41, 5.74) is 9.00. The highest BCUT2D eigenvalue weighted by molar-refractivity contribution is 5.87. The van der Waals surface area contributed by atoms with E-state index in [-0.39, 0.29) is 11.3 Å². The smallest absolute Gasteiger partial charge is 0.178 e. The Balaban J connectivity index is 1.30. The summed E-state index contributed by atoms with van der Waals surface area (Å²) in [6, 6.07) is 13.3. The minimum absolute atomic E-state index is 0.167. The Morgan fingerprint density at radius 1 is 0.872 bits per heavy atom. The summed E-state index contributed by atoms with van der Waals surface area (Å²) < 4.78 is 12.8. The number of allylic oxidation sites excluding steroid dienone is 1. The van der Waals surface area contributed by atoms with Gasteiger partial charge in [-0.05, 0) is 105 Å². The van der Waals surface area contributed by atoms with E-state index in [2.05, 4.69) is 64.1 Å². The molecule has 2 aromatic rings. The Kier molecular flexibility index (Phi) is 5.84. The molecule has 4 nitrogen and oxygen atoms in total. The number of aryl methyl sites for hydroxylation is 3. The second-order valence-corrected chi connectivity index (χ2v) is 13.4. The zero-order valence-corrected chi connectivity index (χ0v) is 23.9. The van der Waals surface area contributed by atoms with E-state index in [9.17, 15) is 9.90 Å². The molecule has 0 amide bonds. The molecule has 7 rings (SSSR count).